The summed E-state index contributed by atoms with van der Waals surface area (Å²) in [6.07, 6.45) is 2.22. The molecule has 0 aliphatic carbocycles. The lowest BCUT2D eigenvalue weighted by Crippen LogP contribution is -2.50. The first kappa shape index (κ1) is 15.8. The molecule has 122 valence electrons. The van der Waals surface area contributed by atoms with Gasteiger partial charge in [-0.2, -0.15) is 0 Å². The van der Waals surface area contributed by atoms with Crippen molar-refractivity contribution in [3.05, 3.63) is 29.3 Å². The van der Waals surface area contributed by atoms with E-state index in [4.69, 9.17) is 0 Å². The lowest BCUT2D eigenvalue weighted by Gasteiger charge is -2.38. The Labute approximate surface area is 134 Å². The van der Waals surface area contributed by atoms with E-state index in [0.29, 0.717) is 6.04 Å². The molecule has 1 aromatic rings. The molecule has 2 heterocycles. The maximum atomic E-state index is 9.43. The molecule has 1 fully saturated rings. The van der Waals surface area contributed by atoms with E-state index in [-0.39, 0.29) is 6.61 Å². The maximum Gasteiger partial charge on any atom is 0.0586 e. The SMILES string of the molecule is CCC(CO)N1CCN(Cc2ccc3c(c2)CCN3C)CC1. The van der Waals surface area contributed by atoms with Crippen molar-refractivity contribution in [1.29, 1.82) is 0 Å². The number of aliphatic hydroxyl groups excluding tert-OH is 1. The minimum absolute atomic E-state index is 0.287. The van der Waals surface area contributed by atoms with Crippen molar-refractivity contribution >= 4 is 5.69 Å². The number of benzene rings is 1. The van der Waals surface area contributed by atoms with Gasteiger partial charge in [-0.15, -0.1) is 0 Å². The second kappa shape index (κ2) is 6.99. The average molecular weight is 303 g/mol. The fourth-order valence-electron chi connectivity index (χ4n) is 3.77. The summed E-state index contributed by atoms with van der Waals surface area (Å²) in [5.74, 6) is 0. The molecule has 2 aliphatic heterocycles. The van der Waals surface area contributed by atoms with Crippen LogP contribution in [0.3, 0.4) is 0 Å². The van der Waals surface area contributed by atoms with E-state index in [1.54, 1.807) is 0 Å². The molecule has 0 aromatic heterocycles. The Bertz CT molecular complexity index is 493. The predicted molar refractivity (Wildman–Crippen MR) is 91.4 cm³/mol. The molecule has 0 spiro atoms. The predicted octanol–water partition coefficient (Wildman–Crippen LogP) is 1.57. The summed E-state index contributed by atoms with van der Waals surface area (Å²) in [5.41, 5.74) is 4.35. The van der Waals surface area contributed by atoms with Crippen LogP contribution in [0, 0.1) is 0 Å². The zero-order valence-electron chi connectivity index (χ0n) is 14.0. The highest BCUT2D eigenvalue weighted by molar-refractivity contribution is 5.58. The van der Waals surface area contributed by atoms with Crippen LogP contribution in [-0.2, 0) is 13.0 Å². The van der Waals surface area contributed by atoms with E-state index < -0.39 is 0 Å². The first-order valence-corrected chi connectivity index (χ1v) is 8.61. The molecule has 0 radical (unpaired) electrons. The van der Waals surface area contributed by atoms with Crippen LogP contribution < -0.4 is 4.90 Å². The smallest absolute Gasteiger partial charge is 0.0586 e. The molecule has 0 amide bonds. The van der Waals surface area contributed by atoms with Gasteiger partial charge in [-0.25, -0.2) is 0 Å². The first-order valence-electron chi connectivity index (χ1n) is 8.61. The van der Waals surface area contributed by atoms with Gasteiger partial charge in [0.15, 0.2) is 0 Å². The quantitative estimate of drug-likeness (QED) is 0.894. The zero-order valence-corrected chi connectivity index (χ0v) is 14.0. The summed E-state index contributed by atoms with van der Waals surface area (Å²) < 4.78 is 0. The standard InChI is InChI=1S/C18H29N3O/c1-3-17(14-22)21-10-8-20(9-11-21)13-15-4-5-18-16(12-15)6-7-19(18)2/h4-5,12,17,22H,3,6-11,13-14H2,1-2H3. The van der Waals surface area contributed by atoms with Gasteiger partial charge in [0.2, 0.25) is 0 Å². The van der Waals surface area contributed by atoms with Crippen molar-refractivity contribution in [2.45, 2.75) is 32.4 Å². The Hall–Kier alpha value is -1.10. The van der Waals surface area contributed by atoms with Crippen molar-refractivity contribution in [3.63, 3.8) is 0 Å². The van der Waals surface area contributed by atoms with Gasteiger partial charge < -0.3 is 10.0 Å². The number of nitrogens with zero attached hydrogens (tertiary/aromatic N) is 3. The number of rotatable bonds is 5. The molecule has 1 saturated heterocycles. The molecule has 1 aromatic carbocycles. The number of piperazine rings is 1. The molecule has 1 atom stereocenters. The molecular formula is C18H29N3O. The Morgan fingerprint density at radius 3 is 2.59 bits per heavy atom. The summed E-state index contributed by atoms with van der Waals surface area (Å²) in [7, 11) is 2.18. The highest BCUT2D eigenvalue weighted by Crippen LogP contribution is 2.27. The fraction of sp³-hybridized carbons (Fsp3) is 0.667. The van der Waals surface area contributed by atoms with Crippen molar-refractivity contribution in [1.82, 2.24) is 9.80 Å². The molecular weight excluding hydrogens is 274 g/mol. The number of aliphatic hydroxyl groups is 1. The monoisotopic (exact) mass is 303 g/mol. The van der Waals surface area contributed by atoms with Gasteiger partial charge in [0.1, 0.15) is 0 Å². The summed E-state index contributed by atoms with van der Waals surface area (Å²) in [6, 6.07) is 7.31. The van der Waals surface area contributed by atoms with E-state index in [0.717, 1.165) is 45.7 Å². The highest BCUT2D eigenvalue weighted by Gasteiger charge is 2.22. The van der Waals surface area contributed by atoms with Crippen LogP contribution in [0.1, 0.15) is 24.5 Å². The number of hydrogen-bond donors (Lipinski definition) is 1. The highest BCUT2D eigenvalue weighted by atomic mass is 16.3. The van der Waals surface area contributed by atoms with Crippen LogP contribution in [-0.4, -0.2) is 67.3 Å². The number of likely N-dealkylation sites (N-methyl/N-ethyl adjacent to an activating group) is 1. The summed E-state index contributed by atoms with van der Waals surface area (Å²) in [4.78, 5) is 7.33. The minimum atomic E-state index is 0.287. The maximum absolute atomic E-state index is 9.43. The van der Waals surface area contributed by atoms with Crippen molar-refractivity contribution in [3.8, 4) is 0 Å². The Balaban J connectivity index is 1.55. The number of hydrogen-bond acceptors (Lipinski definition) is 4. The molecule has 1 N–H and O–H groups in total. The molecule has 0 saturated carbocycles. The third kappa shape index (κ3) is 3.29. The van der Waals surface area contributed by atoms with Gasteiger partial charge in [-0.05, 0) is 30.0 Å². The van der Waals surface area contributed by atoms with E-state index in [9.17, 15) is 5.11 Å². The van der Waals surface area contributed by atoms with Gasteiger partial charge in [0.05, 0.1) is 6.61 Å². The lowest BCUT2D eigenvalue weighted by molar-refractivity contribution is 0.0608. The summed E-state index contributed by atoms with van der Waals surface area (Å²) >= 11 is 0. The van der Waals surface area contributed by atoms with Gasteiger partial charge in [-0.3, -0.25) is 9.80 Å². The number of anilines is 1. The molecule has 3 rings (SSSR count). The third-order valence-corrected chi connectivity index (χ3v) is 5.28. The fourth-order valence-corrected chi connectivity index (χ4v) is 3.77. The van der Waals surface area contributed by atoms with Crippen molar-refractivity contribution in [2.75, 3.05) is 51.3 Å². The van der Waals surface area contributed by atoms with Crippen LogP contribution in [0.15, 0.2) is 18.2 Å². The van der Waals surface area contributed by atoms with E-state index in [1.165, 1.54) is 23.2 Å². The Kier molecular flexibility index (Phi) is 5.01. The third-order valence-electron chi connectivity index (χ3n) is 5.28. The molecule has 4 nitrogen and oxygen atoms in total. The summed E-state index contributed by atoms with van der Waals surface area (Å²) in [6.45, 7) is 9.02. The molecule has 4 heteroatoms. The van der Waals surface area contributed by atoms with E-state index >= 15 is 0 Å². The minimum Gasteiger partial charge on any atom is -0.395 e. The first-order chi connectivity index (χ1) is 10.7. The van der Waals surface area contributed by atoms with E-state index in [2.05, 4.69) is 46.9 Å². The molecule has 0 bridgehead atoms. The normalized spacial score (nSPS) is 21.1. The van der Waals surface area contributed by atoms with Crippen LogP contribution >= 0.6 is 0 Å². The molecule has 1 unspecified atom stereocenters. The molecule has 2 aliphatic rings. The Morgan fingerprint density at radius 2 is 1.91 bits per heavy atom. The second-order valence-electron chi connectivity index (χ2n) is 6.69. The lowest BCUT2D eigenvalue weighted by atomic mass is 10.1. The van der Waals surface area contributed by atoms with Crippen LogP contribution in [0.2, 0.25) is 0 Å². The molecule has 22 heavy (non-hydrogen) atoms. The van der Waals surface area contributed by atoms with Crippen molar-refractivity contribution < 1.29 is 5.11 Å². The zero-order chi connectivity index (χ0) is 15.5. The van der Waals surface area contributed by atoms with Gasteiger partial charge in [0, 0.05) is 58.0 Å². The Morgan fingerprint density at radius 1 is 1.14 bits per heavy atom. The van der Waals surface area contributed by atoms with E-state index in [1.807, 2.05) is 0 Å². The average Bonchev–Trinajstić information content (AvgIpc) is 2.91. The van der Waals surface area contributed by atoms with Crippen LogP contribution in [0.4, 0.5) is 5.69 Å². The largest absolute Gasteiger partial charge is 0.395 e. The number of fused-ring (bicyclic) bond motifs is 1. The van der Waals surface area contributed by atoms with Gasteiger partial charge >= 0.3 is 0 Å². The summed E-state index contributed by atoms with van der Waals surface area (Å²) in [5, 5.41) is 9.43. The topological polar surface area (TPSA) is 30.0 Å². The van der Waals surface area contributed by atoms with Crippen LogP contribution in [0.5, 0.6) is 0 Å². The van der Waals surface area contributed by atoms with Gasteiger partial charge in [0.25, 0.3) is 0 Å². The van der Waals surface area contributed by atoms with Gasteiger partial charge in [-0.1, -0.05) is 19.1 Å². The second-order valence-corrected chi connectivity index (χ2v) is 6.69. The van der Waals surface area contributed by atoms with Crippen LogP contribution in [0.25, 0.3) is 0 Å². The van der Waals surface area contributed by atoms with Crippen molar-refractivity contribution in [2.24, 2.45) is 0 Å².